The lowest BCUT2D eigenvalue weighted by atomic mass is 9.84. The Morgan fingerprint density at radius 2 is 1.67 bits per heavy atom. The predicted molar refractivity (Wildman–Crippen MR) is 139 cm³/mol. The SMILES string of the molecule is O=C(c1ccc(Cl)nc1)N1CCN(c2nc3nccc(-c4ccc(C5CCCCC5)cc4)n3n2)CC1. The first-order chi connectivity index (χ1) is 17.7. The van der Waals surface area contributed by atoms with Gasteiger partial charge in [0, 0.05) is 44.1 Å². The standard InChI is InChI=1S/C27H28ClN7O/c28-24-11-10-22(18-30-24)25(36)33-14-16-34(17-15-33)27-31-26-29-13-12-23(35(26)32-27)21-8-6-20(7-9-21)19-4-2-1-3-5-19/h6-13,18-19H,1-5,14-17H2. The number of halogens is 1. The molecule has 4 aromatic rings. The van der Waals surface area contributed by atoms with E-state index in [1.165, 1.54) is 43.9 Å². The Kier molecular flexibility index (Phi) is 6.27. The van der Waals surface area contributed by atoms with Gasteiger partial charge in [0.25, 0.3) is 11.7 Å². The van der Waals surface area contributed by atoms with Crippen LogP contribution in [0.3, 0.4) is 0 Å². The molecule has 1 saturated heterocycles. The fraction of sp³-hybridized carbons (Fsp3) is 0.370. The summed E-state index contributed by atoms with van der Waals surface area (Å²) in [6, 6.07) is 14.2. The van der Waals surface area contributed by atoms with Crippen molar-refractivity contribution in [1.82, 2.24) is 29.5 Å². The number of rotatable bonds is 4. The number of aromatic nitrogens is 5. The van der Waals surface area contributed by atoms with E-state index in [4.69, 9.17) is 16.7 Å². The van der Waals surface area contributed by atoms with Crippen LogP contribution in [0.2, 0.25) is 5.15 Å². The van der Waals surface area contributed by atoms with Gasteiger partial charge in [-0.25, -0.2) is 9.97 Å². The van der Waals surface area contributed by atoms with Gasteiger partial charge in [-0.05, 0) is 42.5 Å². The van der Waals surface area contributed by atoms with Crippen molar-refractivity contribution in [1.29, 1.82) is 0 Å². The van der Waals surface area contributed by atoms with Gasteiger partial charge in [0.1, 0.15) is 5.15 Å². The summed E-state index contributed by atoms with van der Waals surface area (Å²) in [5.41, 5.74) is 4.05. The highest BCUT2D eigenvalue weighted by atomic mass is 35.5. The van der Waals surface area contributed by atoms with E-state index in [1.54, 1.807) is 18.3 Å². The van der Waals surface area contributed by atoms with Crippen LogP contribution in [0, 0.1) is 0 Å². The van der Waals surface area contributed by atoms with Gasteiger partial charge >= 0.3 is 0 Å². The van der Waals surface area contributed by atoms with Crippen LogP contribution in [0.1, 0.15) is 53.9 Å². The second-order valence-electron chi connectivity index (χ2n) is 9.56. The summed E-state index contributed by atoms with van der Waals surface area (Å²) >= 11 is 5.85. The molecule has 0 unspecified atom stereocenters. The molecule has 0 radical (unpaired) electrons. The average molecular weight is 502 g/mol. The molecule has 0 N–H and O–H groups in total. The van der Waals surface area contributed by atoms with E-state index >= 15 is 0 Å². The molecule has 1 aromatic carbocycles. The Morgan fingerprint density at radius 1 is 0.889 bits per heavy atom. The molecule has 2 aliphatic rings. The topological polar surface area (TPSA) is 79.5 Å². The van der Waals surface area contributed by atoms with Crippen LogP contribution in [0.4, 0.5) is 5.95 Å². The van der Waals surface area contributed by atoms with Crippen LogP contribution in [0.5, 0.6) is 0 Å². The van der Waals surface area contributed by atoms with Crippen molar-refractivity contribution >= 4 is 29.2 Å². The van der Waals surface area contributed by atoms with Gasteiger partial charge in [0.05, 0.1) is 11.3 Å². The minimum atomic E-state index is -0.0394. The maximum atomic E-state index is 12.8. The number of carbonyl (C=O) groups excluding carboxylic acids is 1. The van der Waals surface area contributed by atoms with Crippen molar-refractivity contribution in [3.05, 3.63) is 71.1 Å². The monoisotopic (exact) mass is 501 g/mol. The van der Waals surface area contributed by atoms with Crippen molar-refractivity contribution in [2.45, 2.75) is 38.0 Å². The molecule has 8 nitrogen and oxygen atoms in total. The summed E-state index contributed by atoms with van der Waals surface area (Å²) in [4.78, 5) is 29.9. The second-order valence-corrected chi connectivity index (χ2v) is 9.95. The number of carbonyl (C=O) groups is 1. The average Bonchev–Trinajstić information content (AvgIpc) is 3.38. The number of benzene rings is 1. The highest BCUT2D eigenvalue weighted by Crippen LogP contribution is 2.33. The number of amides is 1. The van der Waals surface area contributed by atoms with Gasteiger partial charge in [0.2, 0.25) is 5.95 Å². The fourth-order valence-corrected chi connectivity index (χ4v) is 5.40. The summed E-state index contributed by atoms with van der Waals surface area (Å²) in [5.74, 6) is 1.85. The molecule has 1 amide bonds. The molecule has 1 aliphatic heterocycles. The van der Waals surface area contributed by atoms with Gasteiger partial charge in [-0.15, -0.1) is 5.10 Å². The number of fused-ring (bicyclic) bond motifs is 1. The van der Waals surface area contributed by atoms with Crippen LogP contribution >= 0.6 is 11.6 Å². The second kappa shape index (κ2) is 9.85. The van der Waals surface area contributed by atoms with Crippen molar-refractivity contribution in [3.8, 4) is 11.3 Å². The number of pyridine rings is 1. The molecule has 36 heavy (non-hydrogen) atoms. The molecule has 1 aliphatic carbocycles. The van der Waals surface area contributed by atoms with E-state index in [0.29, 0.717) is 54.5 Å². The Bertz CT molecular complexity index is 1360. The molecule has 0 spiro atoms. The van der Waals surface area contributed by atoms with E-state index in [-0.39, 0.29) is 5.91 Å². The minimum Gasteiger partial charge on any atom is -0.336 e. The van der Waals surface area contributed by atoms with Crippen LogP contribution < -0.4 is 4.90 Å². The van der Waals surface area contributed by atoms with Gasteiger partial charge in [0.15, 0.2) is 0 Å². The van der Waals surface area contributed by atoms with E-state index in [0.717, 1.165) is 11.3 Å². The molecule has 0 atom stereocenters. The highest BCUT2D eigenvalue weighted by molar-refractivity contribution is 6.29. The number of anilines is 1. The maximum Gasteiger partial charge on any atom is 0.255 e. The summed E-state index contributed by atoms with van der Waals surface area (Å²) < 4.78 is 1.82. The van der Waals surface area contributed by atoms with E-state index in [9.17, 15) is 4.79 Å². The Labute approximate surface area is 214 Å². The molecular weight excluding hydrogens is 474 g/mol. The zero-order chi connectivity index (χ0) is 24.5. The summed E-state index contributed by atoms with van der Waals surface area (Å²) in [5, 5.41) is 5.18. The summed E-state index contributed by atoms with van der Waals surface area (Å²) in [7, 11) is 0. The van der Waals surface area contributed by atoms with E-state index < -0.39 is 0 Å². The molecule has 4 heterocycles. The van der Waals surface area contributed by atoms with Crippen LogP contribution in [0.25, 0.3) is 17.0 Å². The van der Waals surface area contributed by atoms with E-state index in [2.05, 4.69) is 44.1 Å². The molecule has 2 fully saturated rings. The molecule has 6 rings (SSSR count). The van der Waals surface area contributed by atoms with Crippen molar-refractivity contribution < 1.29 is 4.79 Å². The molecule has 0 bridgehead atoms. The number of piperazine rings is 1. The Hall–Kier alpha value is -3.52. The summed E-state index contributed by atoms with van der Waals surface area (Å²) in [6.07, 6.45) is 9.93. The highest BCUT2D eigenvalue weighted by Gasteiger charge is 2.25. The molecule has 3 aromatic heterocycles. The molecule has 184 valence electrons. The minimum absolute atomic E-state index is 0.0394. The van der Waals surface area contributed by atoms with Crippen molar-refractivity contribution in [2.75, 3.05) is 31.1 Å². The van der Waals surface area contributed by atoms with Crippen LogP contribution in [0.15, 0.2) is 54.9 Å². The third-order valence-electron chi connectivity index (χ3n) is 7.34. The van der Waals surface area contributed by atoms with E-state index in [1.807, 2.05) is 15.5 Å². The third-order valence-corrected chi connectivity index (χ3v) is 7.56. The van der Waals surface area contributed by atoms with Gasteiger partial charge in [-0.2, -0.15) is 9.50 Å². The predicted octanol–water partition coefficient (Wildman–Crippen LogP) is 4.85. The lowest BCUT2D eigenvalue weighted by molar-refractivity contribution is 0.0746. The first-order valence-electron chi connectivity index (χ1n) is 12.6. The van der Waals surface area contributed by atoms with Crippen LogP contribution in [-0.4, -0.2) is 61.6 Å². The summed E-state index contributed by atoms with van der Waals surface area (Å²) in [6.45, 7) is 2.46. The molecule has 9 heteroatoms. The third kappa shape index (κ3) is 4.53. The quantitative estimate of drug-likeness (QED) is 0.372. The number of nitrogens with zero attached hydrogens (tertiary/aromatic N) is 7. The lowest BCUT2D eigenvalue weighted by Gasteiger charge is -2.34. The fourth-order valence-electron chi connectivity index (χ4n) is 5.29. The molecule has 1 saturated carbocycles. The lowest BCUT2D eigenvalue weighted by Crippen LogP contribution is -2.49. The van der Waals surface area contributed by atoms with Gasteiger partial charge in [-0.1, -0.05) is 55.1 Å². The maximum absolute atomic E-state index is 12.8. The largest absolute Gasteiger partial charge is 0.336 e. The zero-order valence-corrected chi connectivity index (χ0v) is 20.8. The molecular formula is C27H28ClN7O. The van der Waals surface area contributed by atoms with Crippen molar-refractivity contribution in [3.63, 3.8) is 0 Å². The normalized spacial score (nSPS) is 17.0. The first-order valence-corrected chi connectivity index (χ1v) is 13.0. The zero-order valence-electron chi connectivity index (χ0n) is 20.1. The smallest absolute Gasteiger partial charge is 0.255 e. The Balaban J connectivity index is 1.18. The number of hydrogen-bond acceptors (Lipinski definition) is 6. The first kappa shape index (κ1) is 22.9. The number of hydrogen-bond donors (Lipinski definition) is 0. The van der Waals surface area contributed by atoms with Crippen LogP contribution in [-0.2, 0) is 0 Å². The van der Waals surface area contributed by atoms with Crippen molar-refractivity contribution in [2.24, 2.45) is 0 Å². The Morgan fingerprint density at radius 3 is 2.39 bits per heavy atom. The van der Waals surface area contributed by atoms with Gasteiger partial charge in [-0.3, -0.25) is 4.79 Å². The van der Waals surface area contributed by atoms with Gasteiger partial charge < -0.3 is 9.80 Å².